The van der Waals surface area contributed by atoms with Crippen molar-refractivity contribution in [3.63, 3.8) is 0 Å². The summed E-state index contributed by atoms with van der Waals surface area (Å²) in [5.74, 6) is 1.91. The molecular weight excluding hydrogens is 263 g/mol. The third-order valence-electron chi connectivity index (χ3n) is 3.35. The Morgan fingerprint density at radius 1 is 1.26 bits per heavy atom. The molecule has 3 rings (SSSR count). The van der Waals surface area contributed by atoms with E-state index < -0.39 is 0 Å². The molecule has 0 atom stereocenters. The van der Waals surface area contributed by atoms with Crippen LogP contribution >= 0.6 is 11.8 Å². The van der Waals surface area contributed by atoms with E-state index in [1.54, 1.807) is 12.1 Å². The lowest BCUT2D eigenvalue weighted by Crippen LogP contribution is -2.32. The van der Waals surface area contributed by atoms with Crippen LogP contribution in [0.3, 0.4) is 0 Å². The van der Waals surface area contributed by atoms with Crippen LogP contribution in [0.4, 0.5) is 4.39 Å². The molecule has 2 aromatic rings. The minimum absolute atomic E-state index is 0.116. The second kappa shape index (κ2) is 5.35. The van der Waals surface area contributed by atoms with Gasteiger partial charge in [-0.1, -0.05) is 0 Å². The van der Waals surface area contributed by atoms with Crippen LogP contribution in [0.1, 0.15) is 5.69 Å². The van der Waals surface area contributed by atoms with Crippen LogP contribution in [0.15, 0.2) is 29.1 Å². The Bertz CT molecular complexity index is 649. The summed E-state index contributed by atoms with van der Waals surface area (Å²) in [6.45, 7) is 2.85. The molecule has 1 saturated heterocycles. The number of hydrogen-bond acceptors (Lipinski definition) is 3. The van der Waals surface area contributed by atoms with Crippen LogP contribution in [0.5, 0.6) is 0 Å². The van der Waals surface area contributed by atoms with E-state index in [2.05, 4.69) is 9.88 Å². The highest BCUT2D eigenvalue weighted by Gasteiger charge is 2.12. The van der Waals surface area contributed by atoms with Gasteiger partial charge in [0.25, 0.3) is 0 Å². The van der Waals surface area contributed by atoms with Crippen LogP contribution in [0.2, 0.25) is 0 Å². The molecule has 0 saturated carbocycles. The van der Waals surface area contributed by atoms with E-state index >= 15 is 0 Å². The standard InChI is InChI=1S/C14H15FN2OS/c15-10-1-2-13-12(7-10)14(18)8-11(16-13)9-17-3-5-19-6-4-17/h1-2,7-8H,3-6,9H2,(H,16,18). The van der Waals surface area contributed by atoms with Crippen molar-refractivity contribution in [3.8, 4) is 0 Å². The molecule has 5 heteroatoms. The summed E-state index contributed by atoms with van der Waals surface area (Å²) < 4.78 is 13.1. The van der Waals surface area contributed by atoms with Gasteiger partial charge in [-0.2, -0.15) is 11.8 Å². The first-order chi connectivity index (χ1) is 9.22. The lowest BCUT2D eigenvalue weighted by Gasteiger charge is -2.25. The second-order valence-corrected chi connectivity index (χ2v) is 5.96. The van der Waals surface area contributed by atoms with Gasteiger partial charge in [-0.3, -0.25) is 9.69 Å². The molecule has 1 aromatic carbocycles. The fraction of sp³-hybridized carbons (Fsp3) is 0.357. The molecule has 19 heavy (non-hydrogen) atoms. The molecular formula is C14H15FN2OS. The molecule has 3 nitrogen and oxygen atoms in total. The van der Waals surface area contributed by atoms with Crippen LogP contribution in [-0.2, 0) is 6.54 Å². The minimum atomic E-state index is -0.376. The second-order valence-electron chi connectivity index (χ2n) is 4.74. The third-order valence-corrected chi connectivity index (χ3v) is 4.29. The predicted octanol–water partition coefficient (Wildman–Crippen LogP) is 2.22. The van der Waals surface area contributed by atoms with Gasteiger partial charge in [-0.25, -0.2) is 4.39 Å². The van der Waals surface area contributed by atoms with Crippen LogP contribution in [0, 0.1) is 5.82 Å². The smallest absolute Gasteiger partial charge is 0.189 e. The summed E-state index contributed by atoms with van der Waals surface area (Å²) in [4.78, 5) is 17.5. The number of benzene rings is 1. The van der Waals surface area contributed by atoms with Crippen LogP contribution < -0.4 is 5.43 Å². The monoisotopic (exact) mass is 278 g/mol. The average molecular weight is 278 g/mol. The molecule has 0 unspecified atom stereocenters. The topological polar surface area (TPSA) is 36.1 Å². The number of fused-ring (bicyclic) bond motifs is 1. The lowest BCUT2D eigenvalue weighted by molar-refractivity contribution is 0.291. The number of rotatable bonds is 2. The summed E-state index contributed by atoms with van der Waals surface area (Å²) in [6.07, 6.45) is 0. The van der Waals surface area contributed by atoms with E-state index in [-0.39, 0.29) is 11.2 Å². The number of thioether (sulfide) groups is 1. The maximum atomic E-state index is 13.1. The molecule has 1 fully saturated rings. The van der Waals surface area contributed by atoms with Crippen molar-refractivity contribution >= 4 is 22.7 Å². The van der Waals surface area contributed by atoms with Gasteiger partial charge < -0.3 is 4.98 Å². The zero-order valence-electron chi connectivity index (χ0n) is 10.5. The van der Waals surface area contributed by atoms with Crippen LogP contribution in [-0.4, -0.2) is 34.5 Å². The lowest BCUT2D eigenvalue weighted by atomic mass is 10.2. The number of aromatic amines is 1. The number of aromatic nitrogens is 1. The summed E-state index contributed by atoms with van der Waals surface area (Å²) in [7, 11) is 0. The zero-order valence-corrected chi connectivity index (χ0v) is 11.3. The van der Waals surface area contributed by atoms with Crippen molar-refractivity contribution < 1.29 is 4.39 Å². The van der Waals surface area contributed by atoms with Crippen molar-refractivity contribution in [3.05, 3.63) is 46.0 Å². The van der Waals surface area contributed by atoms with Crippen molar-refractivity contribution in [2.75, 3.05) is 24.6 Å². The number of nitrogens with zero attached hydrogens (tertiary/aromatic N) is 1. The summed E-state index contributed by atoms with van der Waals surface area (Å²) in [5, 5.41) is 0.415. The Labute approximate surface area is 114 Å². The molecule has 0 aliphatic carbocycles. The molecule has 2 heterocycles. The fourth-order valence-corrected chi connectivity index (χ4v) is 3.34. The van der Waals surface area contributed by atoms with Gasteiger partial charge in [0.1, 0.15) is 5.82 Å². The molecule has 0 bridgehead atoms. The number of halogens is 1. The number of hydrogen-bond donors (Lipinski definition) is 1. The Morgan fingerprint density at radius 2 is 2.05 bits per heavy atom. The van der Waals surface area contributed by atoms with Gasteiger partial charge in [0.05, 0.1) is 0 Å². The molecule has 1 aliphatic rings. The zero-order chi connectivity index (χ0) is 13.2. The molecule has 0 spiro atoms. The predicted molar refractivity (Wildman–Crippen MR) is 77.1 cm³/mol. The molecule has 0 amide bonds. The summed E-state index contributed by atoms with van der Waals surface area (Å²) in [6, 6.07) is 5.88. The SMILES string of the molecule is O=c1cc(CN2CCSCC2)[nH]c2ccc(F)cc12. The van der Waals surface area contributed by atoms with E-state index in [1.807, 2.05) is 11.8 Å². The quantitative estimate of drug-likeness (QED) is 0.915. The Hall–Kier alpha value is -1.33. The number of pyridine rings is 1. The average Bonchev–Trinajstić information content (AvgIpc) is 2.41. The van der Waals surface area contributed by atoms with Gasteiger partial charge in [-0.15, -0.1) is 0 Å². The Kier molecular flexibility index (Phi) is 3.57. The van der Waals surface area contributed by atoms with E-state index in [4.69, 9.17) is 0 Å². The molecule has 0 radical (unpaired) electrons. The Balaban J connectivity index is 1.92. The number of H-pyrrole nitrogens is 1. The minimum Gasteiger partial charge on any atom is -0.357 e. The van der Waals surface area contributed by atoms with E-state index in [0.29, 0.717) is 10.9 Å². The molecule has 1 aromatic heterocycles. The maximum Gasteiger partial charge on any atom is 0.189 e. The van der Waals surface area contributed by atoms with Crippen molar-refractivity contribution in [2.24, 2.45) is 0 Å². The van der Waals surface area contributed by atoms with E-state index in [9.17, 15) is 9.18 Å². The third kappa shape index (κ3) is 2.82. The van der Waals surface area contributed by atoms with E-state index in [1.165, 1.54) is 12.1 Å². The van der Waals surface area contributed by atoms with Crippen molar-refractivity contribution in [1.29, 1.82) is 0 Å². The molecule has 1 aliphatic heterocycles. The largest absolute Gasteiger partial charge is 0.357 e. The fourth-order valence-electron chi connectivity index (χ4n) is 2.36. The first kappa shape index (κ1) is 12.7. The summed E-state index contributed by atoms with van der Waals surface area (Å²) in [5.41, 5.74) is 1.49. The van der Waals surface area contributed by atoms with Crippen molar-refractivity contribution in [1.82, 2.24) is 9.88 Å². The Morgan fingerprint density at radius 3 is 2.84 bits per heavy atom. The van der Waals surface area contributed by atoms with Crippen molar-refractivity contribution in [2.45, 2.75) is 6.54 Å². The van der Waals surface area contributed by atoms with E-state index in [0.717, 1.165) is 36.8 Å². The number of nitrogens with one attached hydrogen (secondary N) is 1. The highest BCUT2D eigenvalue weighted by atomic mass is 32.2. The first-order valence-corrected chi connectivity index (χ1v) is 7.49. The normalized spacial score (nSPS) is 16.9. The summed E-state index contributed by atoms with van der Waals surface area (Å²) >= 11 is 1.96. The van der Waals surface area contributed by atoms with Gasteiger partial charge in [0.15, 0.2) is 5.43 Å². The first-order valence-electron chi connectivity index (χ1n) is 6.34. The van der Waals surface area contributed by atoms with Gasteiger partial charge in [0.2, 0.25) is 0 Å². The van der Waals surface area contributed by atoms with Gasteiger partial charge >= 0.3 is 0 Å². The molecule has 1 N–H and O–H groups in total. The highest BCUT2D eigenvalue weighted by Crippen LogP contribution is 2.14. The van der Waals surface area contributed by atoms with Gasteiger partial charge in [0, 0.05) is 53.8 Å². The van der Waals surface area contributed by atoms with Gasteiger partial charge in [-0.05, 0) is 18.2 Å². The highest BCUT2D eigenvalue weighted by molar-refractivity contribution is 7.99. The van der Waals surface area contributed by atoms with Crippen LogP contribution in [0.25, 0.3) is 10.9 Å². The molecule has 100 valence electrons. The maximum absolute atomic E-state index is 13.1.